The fourth-order valence-corrected chi connectivity index (χ4v) is 2.32. The van der Waals surface area contributed by atoms with Crippen molar-refractivity contribution in [2.75, 3.05) is 38.8 Å². The number of anilines is 1. The molecule has 120 valence electrons. The zero-order valence-electron chi connectivity index (χ0n) is 12.8. The molecule has 0 spiro atoms. The van der Waals surface area contributed by atoms with Crippen LogP contribution in [0.1, 0.15) is 6.42 Å². The van der Waals surface area contributed by atoms with Gasteiger partial charge in [-0.1, -0.05) is 0 Å². The number of rotatable bonds is 6. The average molecular weight is 307 g/mol. The van der Waals surface area contributed by atoms with Gasteiger partial charge < -0.3 is 25.0 Å². The average Bonchev–Trinajstić information content (AvgIpc) is 2.88. The van der Waals surface area contributed by atoms with Crippen molar-refractivity contribution in [1.82, 2.24) is 10.6 Å². The summed E-state index contributed by atoms with van der Waals surface area (Å²) in [5.74, 6) is 0.731. The lowest BCUT2D eigenvalue weighted by atomic mass is 10.2. The molecule has 0 bridgehead atoms. The summed E-state index contributed by atoms with van der Waals surface area (Å²) >= 11 is 0. The molecule has 0 saturated carbocycles. The summed E-state index contributed by atoms with van der Waals surface area (Å²) in [6.07, 6.45) is 0.295. The van der Waals surface area contributed by atoms with Gasteiger partial charge in [-0.2, -0.15) is 0 Å². The second kappa shape index (κ2) is 7.65. The Morgan fingerprint density at radius 2 is 2.05 bits per heavy atom. The molecule has 1 fully saturated rings. The maximum Gasteiger partial charge on any atom is 0.315 e. The van der Waals surface area contributed by atoms with E-state index in [2.05, 4.69) is 10.6 Å². The van der Waals surface area contributed by atoms with Gasteiger partial charge in [0.15, 0.2) is 0 Å². The number of ether oxygens (including phenoxy) is 2. The molecule has 0 aromatic heterocycles. The Hall–Kier alpha value is -2.28. The Morgan fingerprint density at radius 3 is 2.68 bits per heavy atom. The van der Waals surface area contributed by atoms with Crippen molar-refractivity contribution < 1.29 is 19.1 Å². The molecule has 2 rings (SSSR count). The van der Waals surface area contributed by atoms with Crippen LogP contribution in [0.4, 0.5) is 10.5 Å². The van der Waals surface area contributed by atoms with Gasteiger partial charge in [0.25, 0.3) is 0 Å². The van der Waals surface area contributed by atoms with Gasteiger partial charge in [-0.05, 0) is 24.3 Å². The van der Waals surface area contributed by atoms with E-state index in [1.54, 1.807) is 31.3 Å². The topological polar surface area (TPSA) is 79.9 Å². The standard InChI is InChI=1S/C15H21N3O4/c1-21-8-7-16-15(20)17-11-9-14(19)18(10-11)12-3-5-13(22-2)6-4-12/h3-6,11H,7-10H2,1-2H3,(H2,16,17,20). The van der Waals surface area contributed by atoms with E-state index in [4.69, 9.17) is 9.47 Å². The van der Waals surface area contributed by atoms with Gasteiger partial charge in [-0.25, -0.2) is 4.79 Å². The molecule has 0 radical (unpaired) electrons. The smallest absolute Gasteiger partial charge is 0.315 e. The number of urea groups is 1. The first kappa shape index (κ1) is 16.1. The van der Waals surface area contributed by atoms with E-state index in [0.717, 1.165) is 11.4 Å². The zero-order chi connectivity index (χ0) is 15.9. The molecule has 2 N–H and O–H groups in total. The molecule has 1 aromatic carbocycles. The largest absolute Gasteiger partial charge is 0.497 e. The van der Waals surface area contributed by atoms with Crippen LogP contribution in [-0.4, -0.2) is 51.9 Å². The Kier molecular flexibility index (Phi) is 5.60. The Morgan fingerprint density at radius 1 is 1.32 bits per heavy atom. The van der Waals surface area contributed by atoms with E-state index in [-0.39, 0.29) is 18.0 Å². The van der Waals surface area contributed by atoms with Crippen LogP contribution in [0.15, 0.2) is 24.3 Å². The number of methoxy groups -OCH3 is 2. The first-order chi connectivity index (χ1) is 10.6. The minimum Gasteiger partial charge on any atom is -0.497 e. The predicted octanol–water partition coefficient (Wildman–Crippen LogP) is 0.746. The molecule has 1 aliphatic heterocycles. The maximum absolute atomic E-state index is 12.1. The highest BCUT2D eigenvalue weighted by Crippen LogP contribution is 2.24. The van der Waals surface area contributed by atoms with Crippen molar-refractivity contribution in [2.45, 2.75) is 12.5 Å². The van der Waals surface area contributed by atoms with Gasteiger partial charge in [-0.3, -0.25) is 4.79 Å². The van der Waals surface area contributed by atoms with E-state index < -0.39 is 0 Å². The monoisotopic (exact) mass is 307 g/mol. The highest BCUT2D eigenvalue weighted by Gasteiger charge is 2.31. The third kappa shape index (κ3) is 4.11. The lowest BCUT2D eigenvalue weighted by Crippen LogP contribution is -2.44. The van der Waals surface area contributed by atoms with Crippen molar-refractivity contribution >= 4 is 17.6 Å². The summed E-state index contributed by atoms with van der Waals surface area (Å²) in [4.78, 5) is 25.4. The molecule has 1 aliphatic rings. The molecule has 1 heterocycles. The van der Waals surface area contributed by atoms with Gasteiger partial charge in [0.05, 0.1) is 19.8 Å². The number of hydrogen-bond acceptors (Lipinski definition) is 4. The summed E-state index contributed by atoms with van der Waals surface area (Å²) in [5, 5.41) is 5.47. The van der Waals surface area contributed by atoms with Gasteiger partial charge in [-0.15, -0.1) is 0 Å². The quantitative estimate of drug-likeness (QED) is 0.760. The van der Waals surface area contributed by atoms with Crippen LogP contribution in [0, 0.1) is 0 Å². The highest BCUT2D eigenvalue weighted by atomic mass is 16.5. The summed E-state index contributed by atoms with van der Waals surface area (Å²) < 4.78 is 9.96. The van der Waals surface area contributed by atoms with Crippen LogP contribution < -0.4 is 20.3 Å². The molecule has 1 aromatic rings. The van der Waals surface area contributed by atoms with Crippen molar-refractivity contribution in [2.24, 2.45) is 0 Å². The van der Waals surface area contributed by atoms with E-state index in [1.807, 2.05) is 12.1 Å². The minimum absolute atomic E-state index is 0.00708. The van der Waals surface area contributed by atoms with Gasteiger partial charge in [0.1, 0.15) is 5.75 Å². The fourth-order valence-electron chi connectivity index (χ4n) is 2.32. The molecule has 22 heavy (non-hydrogen) atoms. The van der Waals surface area contributed by atoms with E-state index >= 15 is 0 Å². The number of amides is 3. The lowest BCUT2D eigenvalue weighted by Gasteiger charge is -2.17. The van der Waals surface area contributed by atoms with Crippen molar-refractivity contribution in [1.29, 1.82) is 0 Å². The van der Waals surface area contributed by atoms with E-state index in [9.17, 15) is 9.59 Å². The van der Waals surface area contributed by atoms with Crippen LogP contribution in [0.5, 0.6) is 5.75 Å². The Balaban J connectivity index is 1.88. The van der Waals surface area contributed by atoms with Crippen LogP contribution in [0.25, 0.3) is 0 Å². The molecule has 1 unspecified atom stereocenters. The lowest BCUT2D eigenvalue weighted by molar-refractivity contribution is -0.117. The maximum atomic E-state index is 12.1. The first-order valence-corrected chi connectivity index (χ1v) is 7.11. The molecular formula is C15H21N3O4. The van der Waals surface area contributed by atoms with Crippen molar-refractivity contribution in [3.8, 4) is 5.75 Å². The van der Waals surface area contributed by atoms with Crippen LogP contribution >= 0.6 is 0 Å². The van der Waals surface area contributed by atoms with Gasteiger partial charge in [0.2, 0.25) is 5.91 Å². The Labute approximate surface area is 129 Å². The normalized spacial score (nSPS) is 17.5. The van der Waals surface area contributed by atoms with Gasteiger partial charge in [0, 0.05) is 32.3 Å². The summed E-state index contributed by atoms with van der Waals surface area (Å²) in [6.45, 7) is 1.35. The van der Waals surface area contributed by atoms with Crippen molar-refractivity contribution in [3.63, 3.8) is 0 Å². The third-order valence-electron chi connectivity index (χ3n) is 3.44. The second-order valence-corrected chi connectivity index (χ2v) is 5.00. The SMILES string of the molecule is COCCNC(=O)NC1CC(=O)N(c2ccc(OC)cc2)C1. The number of benzene rings is 1. The summed E-state index contributed by atoms with van der Waals surface area (Å²) in [5.41, 5.74) is 0.801. The zero-order valence-corrected chi connectivity index (χ0v) is 12.8. The highest BCUT2D eigenvalue weighted by molar-refractivity contribution is 5.96. The molecule has 1 saturated heterocycles. The molecular weight excluding hydrogens is 286 g/mol. The fraction of sp³-hybridized carbons (Fsp3) is 0.467. The van der Waals surface area contributed by atoms with Crippen LogP contribution in [0.3, 0.4) is 0 Å². The van der Waals surface area contributed by atoms with E-state index in [0.29, 0.717) is 26.1 Å². The van der Waals surface area contributed by atoms with E-state index in [1.165, 1.54) is 0 Å². The van der Waals surface area contributed by atoms with Gasteiger partial charge >= 0.3 is 6.03 Å². The third-order valence-corrected chi connectivity index (χ3v) is 3.44. The molecule has 3 amide bonds. The molecule has 7 nitrogen and oxygen atoms in total. The first-order valence-electron chi connectivity index (χ1n) is 7.11. The number of nitrogens with one attached hydrogen (secondary N) is 2. The predicted molar refractivity (Wildman–Crippen MR) is 82.2 cm³/mol. The minimum atomic E-state index is -0.286. The number of carbonyl (C=O) groups is 2. The number of hydrogen-bond donors (Lipinski definition) is 2. The summed E-state index contributed by atoms with van der Waals surface area (Å²) in [6, 6.07) is 6.79. The van der Waals surface area contributed by atoms with Crippen LogP contribution in [0.2, 0.25) is 0 Å². The van der Waals surface area contributed by atoms with Crippen molar-refractivity contribution in [3.05, 3.63) is 24.3 Å². The second-order valence-electron chi connectivity index (χ2n) is 5.00. The van der Waals surface area contributed by atoms with Crippen LogP contribution in [-0.2, 0) is 9.53 Å². The number of nitrogens with zero attached hydrogens (tertiary/aromatic N) is 1. The molecule has 7 heteroatoms. The molecule has 0 aliphatic carbocycles. The summed E-state index contributed by atoms with van der Waals surface area (Å²) in [7, 11) is 3.17. The Bertz CT molecular complexity index is 518. The molecule has 1 atom stereocenters. The number of carbonyl (C=O) groups excluding carboxylic acids is 2.